The van der Waals surface area contributed by atoms with Crippen LogP contribution in [0.1, 0.15) is 6.92 Å². The number of thiophene rings is 1. The lowest BCUT2D eigenvalue weighted by atomic mass is 10.1. The summed E-state index contributed by atoms with van der Waals surface area (Å²) < 4.78 is 13.2. The van der Waals surface area contributed by atoms with Crippen molar-refractivity contribution < 1.29 is 4.39 Å². The lowest BCUT2D eigenvalue weighted by Gasteiger charge is -2.35. The number of anilines is 1. The third-order valence-corrected chi connectivity index (χ3v) is 5.51. The molecular formula is C18H19FN4S. The first-order chi connectivity index (χ1) is 11.8. The molecule has 0 atom stereocenters. The average Bonchev–Trinajstić information content (AvgIpc) is 3.07. The molecule has 6 heteroatoms. The van der Waals surface area contributed by atoms with Crippen molar-refractivity contribution >= 4 is 27.4 Å². The molecule has 1 saturated heterocycles. The average molecular weight is 342 g/mol. The molecule has 3 heterocycles. The van der Waals surface area contributed by atoms with Crippen LogP contribution in [-0.2, 0) is 0 Å². The van der Waals surface area contributed by atoms with Crippen molar-refractivity contribution in [2.24, 2.45) is 0 Å². The number of fused-ring (bicyclic) bond motifs is 1. The number of benzene rings is 1. The molecule has 1 aliphatic heterocycles. The molecule has 1 aromatic carbocycles. The minimum Gasteiger partial charge on any atom is -0.353 e. The molecule has 124 valence electrons. The fraction of sp³-hybridized carbons (Fsp3) is 0.333. The van der Waals surface area contributed by atoms with Crippen molar-refractivity contribution in [1.29, 1.82) is 0 Å². The summed E-state index contributed by atoms with van der Waals surface area (Å²) >= 11 is 1.61. The van der Waals surface area contributed by atoms with Gasteiger partial charge in [-0.25, -0.2) is 14.4 Å². The summed E-state index contributed by atoms with van der Waals surface area (Å²) in [6.45, 7) is 7.34. The smallest absolute Gasteiger partial charge is 0.141 e. The number of likely N-dealkylation sites (N-methyl/N-ethyl adjacent to an activating group) is 1. The standard InChI is InChI=1S/C18H19FN4S/c1-2-22-7-9-23(10-8-22)17-16-15(11-24-18(16)21-12-20-17)13-3-5-14(19)6-4-13/h3-6,11-12H,2,7-10H2,1H3. The van der Waals surface area contributed by atoms with Gasteiger partial charge in [-0.15, -0.1) is 11.3 Å². The number of hydrogen-bond donors (Lipinski definition) is 0. The molecular weight excluding hydrogens is 323 g/mol. The Morgan fingerprint density at radius 3 is 2.54 bits per heavy atom. The van der Waals surface area contributed by atoms with Crippen molar-refractivity contribution in [2.45, 2.75) is 6.92 Å². The summed E-state index contributed by atoms with van der Waals surface area (Å²) in [5, 5.41) is 3.18. The molecule has 0 saturated carbocycles. The van der Waals surface area contributed by atoms with Crippen LogP contribution >= 0.6 is 11.3 Å². The van der Waals surface area contributed by atoms with E-state index in [1.165, 1.54) is 12.1 Å². The van der Waals surface area contributed by atoms with Gasteiger partial charge in [0.25, 0.3) is 0 Å². The quantitative estimate of drug-likeness (QED) is 0.727. The van der Waals surface area contributed by atoms with Crippen LogP contribution in [0.25, 0.3) is 21.3 Å². The highest BCUT2D eigenvalue weighted by molar-refractivity contribution is 7.17. The SMILES string of the molecule is CCN1CCN(c2ncnc3scc(-c4ccc(F)cc4)c23)CC1. The fourth-order valence-electron chi connectivity index (χ4n) is 3.22. The Balaban J connectivity index is 1.76. The lowest BCUT2D eigenvalue weighted by Crippen LogP contribution is -2.46. The van der Waals surface area contributed by atoms with Crippen LogP contribution in [0, 0.1) is 5.82 Å². The van der Waals surface area contributed by atoms with Gasteiger partial charge in [0.15, 0.2) is 0 Å². The fourth-order valence-corrected chi connectivity index (χ4v) is 4.13. The van der Waals surface area contributed by atoms with Crippen LogP contribution in [0.5, 0.6) is 0 Å². The Kier molecular flexibility index (Phi) is 4.16. The Labute approximate surface area is 144 Å². The molecule has 0 N–H and O–H groups in total. The van der Waals surface area contributed by atoms with Gasteiger partial charge in [-0.2, -0.15) is 0 Å². The number of halogens is 1. The third-order valence-electron chi connectivity index (χ3n) is 4.62. The summed E-state index contributed by atoms with van der Waals surface area (Å²) in [6, 6.07) is 6.65. The van der Waals surface area contributed by atoms with Gasteiger partial charge in [-0.3, -0.25) is 0 Å². The molecule has 0 aliphatic carbocycles. The van der Waals surface area contributed by atoms with Gasteiger partial charge in [-0.1, -0.05) is 19.1 Å². The number of piperazine rings is 1. The molecule has 3 aromatic rings. The summed E-state index contributed by atoms with van der Waals surface area (Å²) in [6.07, 6.45) is 1.65. The van der Waals surface area contributed by atoms with Gasteiger partial charge in [0.1, 0.15) is 22.8 Å². The first-order valence-electron chi connectivity index (χ1n) is 8.21. The van der Waals surface area contributed by atoms with Crippen molar-refractivity contribution in [2.75, 3.05) is 37.6 Å². The molecule has 0 spiro atoms. The van der Waals surface area contributed by atoms with E-state index in [2.05, 4.69) is 32.1 Å². The maximum Gasteiger partial charge on any atom is 0.141 e. The highest BCUT2D eigenvalue weighted by Crippen LogP contribution is 2.38. The number of aromatic nitrogens is 2. The van der Waals surface area contributed by atoms with Crippen molar-refractivity contribution in [3.63, 3.8) is 0 Å². The van der Waals surface area contributed by atoms with Gasteiger partial charge in [-0.05, 0) is 24.2 Å². The van der Waals surface area contributed by atoms with Crippen LogP contribution in [0.4, 0.5) is 10.2 Å². The van der Waals surface area contributed by atoms with Crippen LogP contribution in [0.15, 0.2) is 36.0 Å². The zero-order valence-electron chi connectivity index (χ0n) is 13.6. The van der Waals surface area contributed by atoms with Gasteiger partial charge in [0, 0.05) is 37.1 Å². The van der Waals surface area contributed by atoms with Crippen molar-refractivity contribution in [1.82, 2.24) is 14.9 Å². The van der Waals surface area contributed by atoms with Crippen LogP contribution in [0.2, 0.25) is 0 Å². The second-order valence-electron chi connectivity index (χ2n) is 5.96. The first-order valence-corrected chi connectivity index (χ1v) is 9.09. The summed E-state index contributed by atoms with van der Waals surface area (Å²) in [5.41, 5.74) is 2.09. The summed E-state index contributed by atoms with van der Waals surface area (Å²) in [7, 11) is 0. The second-order valence-corrected chi connectivity index (χ2v) is 6.81. The molecule has 0 bridgehead atoms. The van der Waals surface area contributed by atoms with Crippen LogP contribution in [0.3, 0.4) is 0 Å². The van der Waals surface area contributed by atoms with Crippen molar-refractivity contribution in [3.05, 3.63) is 41.8 Å². The van der Waals surface area contributed by atoms with Gasteiger partial charge in [0.05, 0.1) is 5.39 Å². The normalized spacial score (nSPS) is 16.0. The van der Waals surface area contributed by atoms with Crippen molar-refractivity contribution in [3.8, 4) is 11.1 Å². The largest absolute Gasteiger partial charge is 0.353 e. The molecule has 24 heavy (non-hydrogen) atoms. The minimum absolute atomic E-state index is 0.217. The van der Waals surface area contributed by atoms with E-state index in [0.29, 0.717) is 0 Å². The zero-order chi connectivity index (χ0) is 16.5. The summed E-state index contributed by atoms with van der Waals surface area (Å²) in [4.78, 5) is 14.8. The zero-order valence-corrected chi connectivity index (χ0v) is 14.4. The molecule has 0 unspecified atom stereocenters. The summed E-state index contributed by atoms with van der Waals surface area (Å²) in [5.74, 6) is 0.779. The Bertz CT molecular complexity index is 838. The van der Waals surface area contributed by atoms with E-state index in [4.69, 9.17) is 0 Å². The van der Waals surface area contributed by atoms with E-state index in [1.54, 1.807) is 17.7 Å². The lowest BCUT2D eigenvalue weighted by molar-refractivity contribution is 0.271. The van der Waals surface area contributed by atoms with E-state index in [1.807, 2.05) is 12.1 Å². The topological polar surface area (TPSA) is 32.3 Å². The number of rotatable bonds is 3. The highest BCUT2D eigenvalue weighted by atomic mass is 32.1. The predicted molar refractivity (Wildman–Crippen MR) is 97.1 cm³/mol. The first kappa shape index (κ1) is 15.5. The molecule has 0 amide bonds. The molecule has 2 aromatic heterocycles. The minimum atomic E-state index is -0.217. The maximum atomic E-state index is 13.2. The monoisotopic (exact) mass is 342 g/mol. The van der Waals surface area contributed by atoms with Gasteiger partial charge >= 0.3 is 0 Å². The van der Waals surface area contributed by atoms with E-state index in [9.17, 15) is 4.39 Å². The van der Waals surface area contributed by atoms with E-state index < -0.39 is 0 Å². The predicted octanol–water partition coefficient (Wildman–Crippen LogP) is 3.64. The Morgan fingerprint density at radius 1 is 1.08 bits per heavy atom. The number of hydrogen-bond acceptors (Lipinski definition) is 5. The van der Waals surface area contributed by atoms with Crippen LogP contribution in [-0.4, -0.2) is 47.6 Å². The Hall–Kier alpha value is -2.05. The third kappa shape index (κ3) is 2.76. The van der Waals surface area contributed by atoms with Gasteiger partial charge in [0.2, 0.25) is 0 Å². The van der Waals surface area contributed by atoms with E-state index in [-0.39, 0.29) is 5.82 Å². The number of nitrogens with zero attached hydrogens (tertiary/aromatic N) is 4. The Morgan fingerprint density at radius 2 is 1.83 bits per heavy atom. The molecule has 1 fully saturated rings. The second kappa shape index (κ2) is 6.45. The van der Waals surface area contributed by atoms with E-state index in [0.717, 1.165) is 59.9 Å². The maximum absolute atomic E-state index is 13.2. The van der Waals surface area contributed by atoms with E-state index >= 15 is 0 Å². The molecule has 4 rings (SSSR count). The van der Waals surface area contributed by atoms with Gasteiger partial charge < -0.3 is 9.80 Å². The molecule has 1 aliphatic rings. The molecule has 0 radical (unpaired) electrons. The van der Waals surface area contributed by atoms with Crippen LogP contribution < -0.4 is 4.90 Å². The highest BCUT2D eigenvalue weighted by Gasteiger charge is 2.21. The molecule has 4 nitrogen and oxygen atoms in total.